The van der Waals surface area contributed by atoms with Gasteiger partial charge in [0.25, 0.3) is 0 Å². The Hall–Kier alpha value is -2.25. The number of halogens is 1. The summed E-state index contributed by atoms with van der Waals surface area (Å²) >= 11 is 5.94. The number of nitrogens with zero attached hydrogens (tertiary/aromatic N) is 1. The third-order valence-electron chi connectivity index (χ3n) is 5.97. The van der Waals surface area contributed by atoms with E-state index in [1.165, 1.54) is 0 Å². The highest BCUT2D eigenvalue weighted by Gasteiger charge is 2.40. The summed E-state index contributed by atoms with van der Waals surface area (Å²) in [5.74, 6) is 0.385. The van der Waals surface area contributed by atoms with Gasteiger partial charge in [-0.15, -0.1) is 0 Å². The Morgan fingerprint density at radius 3 is 2.39 bits per heavy atom. The molecule has 2 aromatic rings. The van der Waals surface area contributed by atoms with Crippen molar-refractivity contribution in [3.05, 3.63) is 59.1 Å². The fourth-order valence-corrected chi connectivity index (χ4v) is 5.42. The van der Waals surface area contributed by atoms with Gasteiger partial charge >= 0.3 is 0 Å². The topological polar surface area (TPSA) is 75.7 Å². The number of carbonyl (C=O) groups is 1. The van der Waals surface area contributed by atoms with E-state index in [1.54, 1.807) is 31.2 Å². The van der Waals surface area contributed by atoms with Crippen molar-refractivity contribution in [2.45, 2.75) is 57.7 Å². The second-order valence-electron chi connectivity index (χ2n) is 8.01. The van der Waals surface area contributed by atoms with Crippen molar-refractivity contribution in [2.24, 2.45) is 0 Å². The quantitative estimate of drug-likeness (QED) is 0.644. The molecular formula is C23H29ClN2O4S. The number of ether oxygens (including phenoxy) is 1. The number of benzene rings is 2. The summed E-state index contributed by atoms with van der Waals surface area (Å²) < 4.78 is 32.5. The Balaban J connectivity index is 1.90. The Kier molecular flexibility index (Phi) is 6.86. The molecule has 0 fully saturated rings. The number of hydrogen-bond donors (Lipinski definition) is 1. The zero-order chi connectivity index (χ0) is 22.8. The Bertz CT molecular complexity index is 1040. The lowest BCUT2D eigenvalue weighted by molar-refractivity contribution is -0.123. The highest BCUT2D eigenvalue weighted by Crippen LogP contribution is 2.42. The third kappa shape index (κ3) is 4.99. The zero-order valence-electron chi connectivity index (χ0n) is 18.3. The maximum Gasteiger partial charge on any atom is 0.244 e. The Labute approximate surface area is 189 Å². The van der Waals surface area contributed by atoms with E-state index in [1.807, 2.05) is 24.3 Å². The van der Waals surface area contributed by atoms with E-state index >= 15 is 0 Å². The number of anilines is 1. The highest BCUT2D eigenvalue weighted by molar-refractivity contribution is 7.92. The maximum atomic E-state index is 13.3. The molecule has 1 heterocycles. The van der Waals surface area contributed by atoms with Gasteiger partial charge in [-0.3, -0.25) is 9.10 Å². The second-order valence-corrected chi connectivity index (χ2v) is 10.3. The highest BCUT2D eigenvalue weighted by atomic mass is 35.5. The fraction of sp³-hybridized carbons (Fsp3) is 0.435. The minimum absolute atomic E-state index is 0.272. The first-order valence-electron chi connectivity index (χ1n) is 10.4. The van der Waals surface area contributed by atoms with Crippen molar-refractivity contribution in [3.63, 3.8) is 0 Å². The standard InChI is InChI=1S/C23H29ClN2O4S/c1-5-23(6-2)15-20(19-9-7-8-10-21(19)30-23)25-22(27)16(3)26(31(4,28)29)18-13-11-17(24)12-14-18/h7-14,16,20H,5-6,15H2,1-4H3,(H,25,27). The number of amides is 1. The minimum Gasteiger partial charge on any atom is -0.487 e. The van der Waals surface area contributed by atoms with Gasteiger partial charge in [0.15, 0.2) is 0 Å². The summed E-state index contributed by atoms with van der Waals surface area (Å²) in [4.78, 5) is 13.3. The lowest BCUT2D eigenvalue weighted by Crippen LogP contribution is -2.51. The fourth-order valence-electron chi connectivity index (χ4n) is 4.12. The van der Waals surface area contributed by atoms with Crippen LogP contribution in [0.3, 0.4) is 0 Å². The molecule has 1 amide bonds. The van der Waals surface area contributed by atoms with Crippen molar-refractivity contribution in [2.75, 3.05) is 10.6 Å². The predicted molar refractivity (Wildman–Crippen MR) is 124 cm³/mol. The lowest BCUT2D eigenvalue weighted by atomic mass is 9.83. The molecule has 1 aliphatic rings. The van der Waals surface area contributed by atoms with Crippen LogP contribution < -0.4 is 14.4 Å². The summed E-state index contributed by atoms with van der Waals surface area (Å²) in [7, 11) is -3.70. The molecular weight excluding hydrogens is 436 g/mol. The van der Waals surface area contributed by atoms with Crippen LogP contribution in [0.4, 0.5) is 5.69 Å². The van der Waals surface area contributed by atoms with Gasteiger partial charge in [0.05, 0.1) is 18.0 Å². The molecule has 2 unspecified atom stereocenters. The summed E-state index contributed by atoms with van der Waals surface area (Å²) in [6, 6.07) is 12.8. The lowest BCUT2D eigenvalue weighted by Gasteiger charge is -2.42. The van der Waals surface area contributed by atoms with Crippen molar-refractivity contribution in [1.82, 2.24) is 5.32 Å². The zero-order valence-corrected chi connectivity index (χ0v) is 19.8. The van der Waals surface area contributed by atoms with Crippen LogP contribution in [0, 0.1) is 0 Å². The van der Waals surface area contributed by atoms with E-state index in [0.717, 1.165) is 34.7 Å². The number of hydrogen-bond acceptors (Lipinski definition) is 4. The first-order chi connectivity index (χ1) is 14.6. The molecule has 1 aliphatic heterocycles. The summed E-state index contributed by atoms with van der Waals surface area (Å²) in [5, 5.41) is 3.57. The van der Waals surface area contributed by atoms with E-state index in [-0.39, 0.29) is 17.6 Å². The SMILES string of the molecule is CCC1(CC)CC(NC(=O)C(C)N(c2ccc(Cl)cc2)S(C)(=O)=O)c2ccccc2O1. The molecule has 31 heavy (non-hydrogen) atoms. The average molecular weight is 465 g/mol. The van der Waals surface area contributed by atoms with Crippen LogP contribution in [0.25, 0.3) is 0 Å². The molecule has 8 heteroatoms. The van der Waals surface area contributed by atoms with E-state index < -0.39 is 16.1 Å². The van der Waals surface area contributed by atoms with E-state index in [4.69, 9.17) is 16.3 Å². The number of fused-ring (bicyclic) bond motifs is 1. The molecule has 3 rings (SSSR count). The van der Waals surface area contributed by atoms with E-state index in [9.17, 15) is 13.2 Å². The van der Waals surface area contributed by atoms with Crippen molar-refractivity contribution >= 4 is 33.2 Å². The number of rotatable bonds is 7. The molecule has 2 atom stereocenters. The molecule has 168 valence electrons. The molecule has 0 aliphatic carbocycles. The molecule has 1 N–H and O–H groups in total. The molecule has 0 saturated carbocycles. The molecule has 0 aromatic heterocycles. The molecule has 6 nitrogen and oxygen atoms in total. The summed E-state index contributed by atoms with van der Waals surface area (Å²) in [5.41, 5.74) is 0.916. The molecule has 0 radical (unpaired) electrons. The van der Waals surface area contributed by atoms with Crippen LogP contribution in [0.2, 0.25) is 5.02 Å². The second kappa shape index (κ2) is 9.09. The van der Waals surface area contributed by atoms with Crippen LogP contribution in [0.5, 0.6) is 5.75 Å². The van der Waals surface area contributed by atoms with Gasteiger partial charge < -0.3 is 10.1 Å². The molecule has 2 aromatic carbocycles. The number of carbonyl (C=O) groups excluding carboxylic acids is 1. The number of nitrogens with one attached hydrogen (secondary N) is 1. The van der Waals surface area contributed by atoms with Crippen LogP contribution in [-0.4, -0.2) is 32.2 Å². The largest absolute Gasteiger partial charge is 0.487 e. The minimum atomic E-state index is -3.70. The monoisotopic (exact) mass is 464 g/mol. The van der Waals surface area contributed by atoms with E-state index in [2.05, 4.69) is 19.2 Å². The van der Waals surface area contributed by atoms with Gasteiger partial charge in [0, 0.05) is 17.0 Å². The van der Waals surface area contributed by atoms with Gasteiger partial charge in [-0.05, 0) is 50.1 Å². The normalized spacial score (nSPS) is 18.4. The molecule has 0 bridgehead atoms. The van der Waals surface area contributed by atoms with Gasteiger partial charge in [0.1, 0.15) is 17.4 Å². The Morgan fingerprint density at radius 2 is 1.81 bits per heavy atom. The Morgan fingerprint density at radius 1 is 1.19 bits per heavy atom. The smallest absolute Gasteiger partial charge is 0.244 e. The van der Waals surface area contributed by atoms with Gasteiger partial charge in [0.2, 0.25) is 15.9 Å². The first kappa shape index (κ1) is 23.4. The van der Waals surface area contributed by atoms with Crippen molar-refractivity contribution in [3.8, 4) is 5.75 Å². The average Bonchev–Trinajstić information content (AvgIpc) is 2.74. The van der Waals surface area contributed by atoms with Crippen LogP contribution >= 0.6 is 11.6 Å². The third-order valence-corrected chi connectivity index (χ3v) is 7.47. The predicted octanol–water partition coefficient (Wildman–Crippen LogP) is 4.69. The van der Waals surface area contributed by atoms with Crippen LogP contribution in [0.15, 0.2) is 48.5 Å². The maximum absolute atomic E-state index is 13.3. The van der Waals surface area contributed by atoms with Crippen LogP contribution in [-0.2, 0) is 14.8 Å². The van der Waals surface area contributed by atoms with Gasteiger partial charge in [-0.1, -0.05) is 43.6 Å². The molecule has 0 spiro atoms. The molecule has 0 saturated heterocycles. The summed E-state index contributed by atoms with van der Waals surface area (Å²) in [6.45, 7) is 5.73. The number of sulfonamides is 1. The first-order valence-corrected chi connectivity index (χ1v) is 12.7. The van der Waals surface area contributed by atoms with Crippen molar-refractivity contribution in [1.29, 1.82) is 0 Å². The van der Waals surface area contributed by atoms with E-state index in [0.29, 0.717) is 17.1 Å². The van der Waals surface area contributed by atoms with Gasteiger partial charge in [-0.25, -0.2) is 8.42 Å². The summed E-state index contributed by atoms with van der Waals surface area (Å²) in [6.07, 6.45) is 3.32. The van der Waals surface area contributed by atoms with Crippen LogP contribution in [0.1, 0.15) is 51.6 Å². The van der Waals surface area contributed by atoms with Crippen molar-refractivity contribution < 1.29 is 17.9 Å². The number of para-hydroxylation sites is 1. The van der Waals surface area contributed by atoms with Gasteiger partial charge in [-0.2, -0.15) is 0 Å².